The first-order valence-electron chi connectivity index (χ1n) is 11.4. The van der Waals surface area contributed by atoms with Gasteiger partial charge in [0.2, 0.25) is 4.96 Å². The Hall–Kier alpha value is -3.45. The fourth-order valence-corrected chi connectivity index (χ4v) is 5.26. The molecule has 0 unspecified atom stereocenters. The normalized spacial score (nSPS) is 15.2. The Morgan fingerprint density at radius 1 is 1.24 bits per heavy atom. The highest BCUT2D eigenvalue weighted by atomic mass is 32.1. The van der Waals surface area contributed by atoms with Crippen molar-refractivity contribution in [2.75, 3.05) is 13.1 Å². The number of hydrogen-bond donors (Lipinski definition) is 0. The molecule has 0 spiro atoms. The van der Waals surface area contributed by atoms with E-state index in [9.17, 15) is 10.1 Å². The fraction of sp³-hybridized carbons (Fsp3) is 0.458. The summed E-state index contributed by atoms with van der Waals surface area (Å²) in [6.07, 6.45) is 5.72. The van der Waals surface area contributed by atoms with Crippen LogP contribution in [0.4, 0.5) is 4.79 Å². The maximum Gasteiger partial charge on any atom is 0.410 e. The van der Waals surface area contributed by atoms with Crippen molar-refractivity contribution in [1.29, 1.82) is 5.26 Å². The molecule has 1 fully saturated rings. The minimum Gasteiger partial charge on any atom is -0.444 e. The predicted molar refractivity (Wildman–Crippen MR) is 130 cm³/mol. The number of rotatable bonds is 3. The highest BCUT2D eigenvalue weighted by Gasteiger charge is 2.29. The number of carbonyl (C=O) groups is 1. The lowest BCUT2D eigenvalue weighted by Gasteiger charge is -2.32. The number of benzene rings is 1. The number of nitrogens with zero attached hydrogens (tertiary/aromatic N) is 7. The van der Waals surface area contributed by atoms with Crippen LogP contribution in [-0.4, -0.2) is 54.1 Å². The van der Waals surface area contributed by atoms with Crippen LogP contribution >= 0.6 is 11.3 Å². The van der Waals surface area contributed by atoms with E-state index in [1.165, 1.54) is 11.3 Å². The van der Waals surface area contributed by atoms with Crippen LogP contribution in [0.5, 0.6) is 0 Å². The molecule has 176 valence electrons. The Morgan fingerprint density at radius 2 is 2.00 bits per heavy atom. The predicted octanol–water partition coefficient (Wildman–Crippen LogP) is 4.53. The molecule has 5 rings (SSSR count). The average molecular weight is 478 g/mol. The summed E-state index contributed by atoms with van der Waals surface area (Å²) in [5.74, 6) is 0.296. The standard InChI is InChI=1S/C24H27N7O2S/c1-24(2,3)33-23(32)30-9-6-15(7-10-30)19-14-31-22(26-19)34-21(28-31)17-11-16(5-8-25)20-18(12-17)13-29(4)27-20/h11-15H,5-7,9-10H2,1-4H3. The van der Waals surface area contributed by atoms with E-state index < -0.39 is 5.60 Å². The molecule has 0 radical (unpaired) electrons. The van der Waals surface area contributed by atoms with E-state index in [4.69, 9.17) is 14.8 Å². The molecule has 1 amide bonds. The lowest BCUT2D eigenvalue weighted by atomic mass is 9.94. The molecule has 1 aliphatic rings. The maximum absolute atomic E-state index is 12.3. The van der Waals surface area contributed by atoms with Gasteiger partial charge < -0.3 is 9.64 Å². The van der Waals surface area contributed by atoms with E-state index in [0.717, 1.165) is 50.5 Å². The quantitative estimate of drug-likeness (QED) is 0.430. The zero-order chi connectivity index (χ0) is 24.0. The van der Waals surface area contributed by atoms with Gasteiger partial charge in [-0.3, -0.25) is 4.68 Å². The van der Waals surface area contributed by atoms with Gasteiger partial charge in [0.15, 0.2) is 0 Å². The number of aromatic nitrogens is 5. The molecule has 0 bridgehead atoms. The summed E-state index contributed by atoms with van der Waals surface area (Å²) in [6, 6.07) is 6.30. The number of piperidine rings is 1. The molecular weight excluding hydrogens is 450 g/mol. The van der Waals surface area contributed by atoms with Gasteiger partial charge in [-0.25, -0.2) is 14.3 Å². The van der Waals surface area contributed by atoms with Crippen LogP contribution in [0.3, 0.4) is 0 Å². The highest BCUT2D eigenvalue weighted by Crippen LogP contribution is 2.33. The summed E-state index contributed by atoms with van der Waals surface area (Å²) in [7, 11) is 1.88. The van der Waals surface area contributed by atoms with Crippen LogP contribution in [0.15, 0.2) is 24.5 Å². The molecule has 3 aromatic heterocycles. The Kier molecular flexibility index (Phi) is 5.52. The van der Waals surface area contributed by atoms with E-state index in [-0.39, 0.29) is 6.09 Å². The van der Waals surface area contributed by atoms with Crippen molar-refractivity contribution in [2.45, 2.75) is 51.6 Å². The largest absolute Gasteiger partial charge is 0.444 e. The Labute approximate surface area is 201 Å². The van der Waals surface area contributed by atoms with Crippen molar-refractivity contribution in [3.8, 4) is 16.6 Å². The van der Waals surface area contributed by atoms with Gasteiger partial charge in [0.1, 0.15) is 10.6 Å². The molecule has 1 aliphatic heterocycles. The number of amides is 1. The summed E-state index contributed by atoms with van der Waals surface area (Å²) in [6.45, 7) is 6.98. The van der Waals surface area contributed by atoms with Gasteiger partial charge in [-0.2, -0.15) is 15.5 Å². The number of imidazole rings is 1. The first kappa shape index (κ1) is 22.3. The highest BCUT2D eigenvalue weighted by molar-refractivity contribution is 7.19. The van der Waals surface area contributed by atoms with Gasteiger partial charge in [0, 0.05) is 43.2 Å². The molecule has 34 heavy (non-hydrogen) atoms. The molecule has 0 aliphatic carbocycles. The van der Waals surface area contributed by atoms with Crippen molar-refractivity contribution in [3.05, 3.63) is 35.8 Å². The number of hydrogen-bond acceptors (Lipinski definition) is 7. The fourth-order valence-electron chi connectivity index (χ4n) is 4.39. The first-order chi connectivity index (χ1) is 16.2. The lowest BCUT2D eigenvalue weighted by Crippen LogP contribution is -2.41. The number of nitriles is 1. The molecule has 0 N–H and O–H groups in total. The van der Waals surface area contributed by atoms with Crippen LogP contribution in [-0.2, 0) is 18.2 Å². The van der Waals surface area contributed by atoms with E-state index in [0.29, 0.717) is 25.4 Å². The Morgan fingerprint density at radius 3 is 2.68 bits per heavy atom. The van der Waals surface area contributed by atoms with E-state index >= 15 is 0 Å². The molecular formula is C24H27N7O2S. The van der Waals surface area contributed by atoms with Crippen LogP contribution in [0.2, 0.25) is 0 Å². The Bertz CT molecular complexity index is 1380. The lowest BCUT2D eigenvalue weighted by molar-refractivity contribution is 0.0204. The smallest absolute Gasteiger partial charge is 0.410 e. The molecule has 10 heteroatoms. The van der Waals surface area contributed by atoms with Crippen molar-refractivity contribution < 1.29 is 9.53 Å². The van der Waals surface area contributed by atoms with E-state index in [1.54, 1.807) is 9.58 Å². The molecule has 4 heterocycles. The van der Waals surface area contributed by atoms with E-state index in [2.05, 4.69) is 17.2 Å². The summed E-state index contributed by atoms with van der Waals surface area (Å²) < 4.78 is 9.11. The third-order valence-corrected chi connectivity index (χ3v) is 6.92. The molecule has 1 saturated heterocycles. The number of carbonyl (C=O) groups excluding carboxylic acids is 1. The molecule has 0 saturated carbocycles. The third kappa shape index (κ3) is 4.35. The van der Waals surface area contributed by atoms with Gasteiger partial charge in [-0.05, 0) is 51.3 Å². The van der Waals surface area contributed by atoms with Crippen LogP contribution in [0.1, 0.15) is 50.8 Å². The van der Waals surface area contributed by atoms with E-state index in [1.807, 2.05) is 50.8 Å². The molecule has 0 atom stereocenters. The number of likely N-dealkylation sites (tertiary alicyclic amines) is 1. The number of aryl methyl sites for hydroxylation is 1. The van der Waals surface area contributed by atoms with Gasteiger partial charge in [-0.15, -0.1) is 0 Å². The van der Waals surface area contributed by atoms with Crippen molar-refractivity contribution in [2.24, 2.45) is 7.05 Å². The Balaban J connectivity index is 1.34. The van der Waals surface area contributed by atoms with Gasteiger partial charge in [0.25, 0.3) is 0 Å². The monoisotopic (exact) mass is 477 g/mol. The summed E-state index contributed by atoms with van der Waals surface area (Å²) >= 11 is 1.54. The minimum atomic E-state index is -0.484. The summed E-state index contributed by atoms with van der Waals surface area (Å²) in [5.41, 5.74) is 3.26. The summed E-state index contributed by atoms with van der Waals surface area (Å²) in [5, 5.41) is 20.4. The molecule has 4 aromatic rings. The summed E-state index contributed by atoms with van der Waals surface area (Å²) in [4.78, 5) is 19.8. The van der Waals surface area contributed by atoms with Gasteiger partial charge >= 0.3 is 6.09 Å². The van der Waals surface area contributed by atoms with Gasteiger partial charge in [0.05, 0.1) is 29.9 Å². The van der Waals surface area contributed by atoms with Gasteiger partial charge in [-0.1, -0.05) is 11.3 Å². The number of ether oxygens (including phenoxy) is 1. The second-order valence-electron chi connectivity index (χ2n) is 9.75. The number of fused-ring (bicyclic) bond motifs is 2. The maximum atomic E-state index is 12.3. The van der Waals surface area contributed by atoms with Crippen LogP contribution in [0.25, 0.3) is 26.4 Å². The molecule has 1 aromatic carbocycles. The minimum absolute atomic E-state index is 0.246. The van der Waals surface area contributed by atoms with Crippen LogP contribution in [0, 0.1) is 11.3 Å². The first-order valence-corrected chi connectivity index (χ1v) is 12.2. The zero-order valence-electron chi connectivity index (χ0n) is 19.8. The third-order valence-electron chi connectivity index (χ3n) is 5.95. The molecule has 9 nitrogen and oxygen atoms in total. The van der Waals surface area contributed by atoms with Crippen molar-refractivity contribution >= 4 is 33.3 Å². The van der Waals surface area contributed by atoms with Crippen molar-refractivity contribution in [1.82, 2.24) is 29.3 Å². The zero-order valence-corrected chi connectivity index (χ0v) is 20.6. The second kappa shape index (κ2) is 8.40. The second-order valence-corrected chi connectivity index (χ2v) is 10.7. The average Bonchev–Trinajstić information content (AvgIpc) is 3.45. The van der Waals surface area contributed by atoms with Crippen LogP contribution < -0.4 is 0 Å². The SMILES string of the molecule is Cn1cc2cc(-c3nn4cc(C5CCN(C(=O)OC(C)(C)C)CC5)nc4s3)cc(CC#N)c2n1. The van der Waals surface area contributed by atoms with Crippen molar-refractivity contribution in [3.63, 3.8) is 0 Å². The topological polar surface area (TPSA) is 101 Å².